The van der Waals surface area contributed by atoms with Gasteiger partial charge in [-0.15, -0.1) is 0 Å². The zero-order valence-corrected chi connectivity index (χ0v) is 33.3. The van der Waals surface area contributed by atoms with Crippen molar-refractivity contribution < 1.29 is 0 Å². The van der Waals surface area contributed by atoms with Crippen LogP contribution in [0.4, 0.5) is 0 Å². The van der Waals surface area contributed by atoms with Crippen LogP contribution in [0.15, 0.2) is 121 Å². The lowest BCUT2D eigenvalue weighted by atomic mass is 9.91. The van der Waals surface area contributed by atoms with Crippen molar-refractivity contribution in [3.05, 3.63) is 166 Å². The molecule has 0 radical (unpaired) electrons. The Morgan fingerprint density at radius 3 is 0.893 bits per heavy atom. The van der Waals surface area contributed by atoms with Crippen molar-refractivity contribution >= 4 is 54.6 Å². The van der Waals surface area contributed by atoms with Crippen molar-refractivity contribution in [2.24, 2.45) is 0 Å². The molecule has 0 aliphatic heterocycles. The normalized spacial score (nSPS) is 11.9. The Kier molecular flexibility index (Phi) is 7.59. The summed E-state index contributed by atoms with van der Waals surface area (Å²) >= 11 is 0. The minimum Gasteiger partial charge on any atom is -0.309 e. The summed E-state index contributed by atoms with van der Waals surface area (Å²) in [4.78, 5) is 10.9. The Morgan fingerprint density at radius 2 is 0.607 bits per heavy atom. The Hall–Kier alpha value is -6.52. The minimum absolute atomic E-state index is 0.894. The van der Waals surface area contributed by atoms with E-state index in [1.165, 1.54) is 88.1 Å². The van der Waals surface area contributed by atoms with Crippen LogP contribution in [0.2, 0.25) is 0 Å². The highest BCUT2D eigenvalue weighted by Gasteiger charge is 2.24. The van der Waals surface area contributed by atoms with Crippen LogP contribution in [0, 0.1) is 55.4 Å². The molecule has 4 heteroatoms. The zero-order chi connectivity index (χ0) is 38.6. The smallest absolute Gasteiger partial charge is 0.0978 e. The van der Waals surface area contributed by atoms with Gasteiger partial charge in [0.05, 0.1) is 44.5 Å². The van der Waals surface area contributed by atoms with E-state index in [0.29, 0.717) is 0 Å². The molecule has 0 aliphatic carbocycles. The molecule has 3 aromatic heterocycles. The Labute approximate surface area is 327 Å². The highest BCUT2D eigenvalue weighted by atomic mass is 15.0. The number of nitrogens with zero attached hydrogens (tertiary/aromatic N) is 4. The van der Waals surface area contributed by atoms with Gasteiger partial charge in [0.25, 0.3) is 0 Å². The summed E-state index contributed by atoms with van der Waals surface area (Å²) in [7, 11) is 0. The first-order valence-electron chi connectivity index (χ1n) is 19.6. The molecule has 0 saturated heterocycles. The molecular formula is C52H44N4. The molecule has 10 aromatic rings. The van der Waals surface area contributed by atoms with E-state index in [4.69, 9.17) is 9.97 Å². The van der Waals surface area contributed by atoms with Crippen LogP contribution >= 0.6 is 0 Å². The molecule has 0 fully saturated rings. The van der Waals surface area contributed by atoms with Crippen LogP contribution in [0.1, 0.15) is 44.5 Å². The minimum atomic E-state index is 0.894. The number of para-hydroxylation sites is 6. The quantitative estimate of drug-likeness (QED) is 0.181. The maximum Gasteiger partial charge on any atom is 0.0978 e. The number of hydrogen-bond donors (Lipinski definition) is 0. The predicted octanol–water partition coefficient (Wildman–Crippen LogP) is 13.6. The molecule has 272 valence electrons. The molecule has 0 bridgehead atoms. The fraction of sp³-hybridized carbons (Fsp3) is 0.154. The van der Waals surface area contributed by atoms with Crippen molar-refractivity contribution in [3.8, 4) is 33.9 Å². The number of aryl methyl sites for hydroxylation is 8. The van der Waals surface area contributed by atoms with Gasteiger partial charge < -0.3 is 9.13 Å². The van der Waals surface area contributed by atoms with E-state index in [-0.39, 0.29) is 0 Å². The average molecular weight is 725 g/mol. The first kappa shape index (κ1) is 34.0. The number of hydrogen-bond acceptors (Lipinski definition) is 2. The third-order valence-electron chi connectivity index (χ3n) is 12.0. The maximum atomic E-state index is 5.45. The molecule has 0 aliphatic rings. The van der Waals surface area contributed by atoms with Gasteiger partial charge in [0.15, 0.2) is 0 Å². The molecule has 0 N–H and O–H groups in total. The van der Waals surface area contributed by atoms with Crippen LogP contribution in [0.5, 0.6) is 0 Å². The molecular weight excluding hydrogens is 681 g/mol. The van der Waals surface area contributed by atoms with Crippen molar-refractivity contribution in [2.75, 3.05) is 0 Å². The Morgan fingerprint density at radius 1 is 0.321 bits per heavy atom. The number of aromatic nitrogens is 4. The van der Waals surface area contributed by atoms with Crippen LogP contribution in [-0.2, 0) is 0 Å². The maximum absolute atomic E-state index is 5.45. The fourth-order valence-electron chi connectivity index (χ4n) is 9.67. The van der Waals surface area contributed by atoms with Crippen LogP contribution in [0.25, 0.3) is 88.5 Å². The van der Waals surface area contributed by atoms with E-state index in [1.54, 1.807) is 0 Å². The Bertz CT molecular complexity index is 2900. The standard InChI is InChI=1S/C52H44N4/c1-29-15-11-19-39-40-20-12-16-30(2)50(40)55(49(29)39)37-25-33(5)45(34(6)26-37)47-48(54-44-24-10-9-23-43(44)53-47)46-35(7)27-38(28-36(46)8)56-51-31(3)17-13-21-41(51)42-22-14-18-32(4)52(42)56/h9-28H,1-8H3. The highest BCUT2D eigenvalue weighted by molar-refractivity contribution is 6.12. The monoisotopic (exact) mass is 724 g/mol. The summed E-state index contributed by atoms with van der Waals surface area (Å²) < 4.78 is 4.94. The fourth-order valence-corrected chi connectivity index (χ4v) is 9.67. The van der Waals surface area contributed by atoms with Crippen molar-refractivity contribution in [1.82, 2.24) is 19.1 Å². The molecule has 0 saturated carbocycles. The lowest BCUT2D eigenvalue weighted by Gasteiger charge is -2.20. The first-order chi connectivity index (χ1) is 27.1. The largest absolute Gasteiger partial charge is 0.309 e. The summed E-state index contributed by atoms with van der Waals surface area (Å²) in [6, 6.07) is 44.2. The molecule has 0 unspecified atom stereocenters. The number of rotatable bonds is 4. The molecule has 0 amide bonds. The summed E-state index contributed by atoms with van der Waals surface area (Å²) in [5, 5.41) is 5.13. The zero-order valence-electron chi connectivity index (χ0n) is 33.3. The summed E-state index contributed by atoms with van der Waals surface area (Å²) in [5.41, 5.74) is 23.0. The molecule has 3 heterocycles. The van der Waals surface area contributed by atoms with Gasteiger partial charge in [-0.05, 0) is 136 Å². The van der Waals surface area contributed by atoms with Crippen molar-refractivity contribution in [2.45, 2.75) is 55.4 Å². The van der Waals surface area contributed by atoms with Gasteiger partial charge in [0, 0.05) is 44.0 Å². The van der Waals surface area contributed by atoms with Crippen molar-refractivity contribution in [1.29, 1.82) is 0 Å². The number of fused-ring (bicyclic) bond motifs is 7. The molecule has 4 nitrogen and oxygen atoms in total. The first-order valence-corrected chi connectivity index (χ1v) is 19.6. The summed E-state index contributed by atoms with van der Waals surface area (Å²) in [6.45, 7) is 17.8. The van der Waals surface area contributed by atoms with E-state index < -0.39 is 0 Å². The van der Waals surface area contributed by atoms with Crippen molar-refractivity contribution in [3.63, 3.8) is 0 Å². The second-order valence-corrected chi connectivity index (χ2v) is 15.9. The van der Waals surface area contributed by atoms with Crippen LogP contribution < -0.4 is 0 Å². The van der Waals surface area contributed by atoms with Crippen LogP contribution in [-0.4, -0.2) is 19.1 Å². The second kappa shape index (κ2) is 12.5. The van der Waals surface area contributed by atoms with Crippen LogP contribution in [0.3, 0.4) is 0 Å². The molecule has 0 spiro atoms. The van der Waals surface area contributed by atoms with Gasteiger partial charge in [-0.2, -0.15) is 0 Å². The van der Waals surface area contributed by atoms with E-state index in [0.717, 1.165) is 44.9 Å². The topological polar surface area (TPSA) is 35.6 Å². The summed E-state index contributed by atoms with van der Waals surface area (Å²) in [6.07, 6.45) is 0. The third-order valence-corrected chi connectivity index (χ3v) is 12.0. The van der Waals surface area contributed by atoms with Gasteiger partial charge in [-0.1, -0.05) is 84.9 Å². The Balaban J connectivity index is 1.21. The molecule has 56 heavy (non-hydrogen) atoms. The van der Waals surface area contributed by atoms with E-state index in [9.17, 15) is 0 Å². The van der Waals surface area contributed by atoms with Gasteiger partial charge in [0.1, 0.15) is 0 Å². The molecule has 10 rings (SSSR count). The average Bonchev–Trinajstić information content (AvgIpc) is 3.71. The number of benzene rings is 7. The summed E-state index contributed by atoms with van der Waals surface area (Å²) in [5.74, 6) is 0. The highest BCUT2D eigenvalue weighted by Crippen LogP contribution is 2.43. The van der Waals surface area contributed by atoms with E-state index in [1.807, 2.05) is 0 Å². The van der Waals surface area contributed by atoms with E-state index in [2.05, 4.69) is 186 Å². The van der Waals surface area contributed by atoms with Gasteiger partial charge >= 0.3 is 0 Å². The predicted molar refractivity (Wildman–Crippen MR) is 237 cm³/mol. The van der Waals surface area contributed by atoms with Gasteiger partial charge in [-0.25, -0.2) is 9.97 Å². The molecule has 7 aromatic carbocycles. The second-order valence-electron chi connectivity index (χ2n) is 15.9. The van der Waals surface area contributed by atoms with Gasteiger partial charge in [0.2, 0.25) is 0 Å². The lowest BCUT2D eigenvalue weighted by Crippen LogP contribution is -2.04. The molecule has 0 atom stereocenters. The third kappa shape index (κ3) is 4.91. The SMILES string of the molecule is Cc1cc(-n2c3c(C)cccc3c3cccc(C)c32)cc(C)c1-c1nc2ccccc2nc1-c1c(C)cc(-n2c3c(C)cccc3c3cccc(C)c32)cc1C. The van der Waals surface area contributed by atoms with E-state index >= 15 is 0 Å². The lowest BCUT2D eigenvalue weighted by molar-refractivity contribution is 1.13. The van der Waals surface area contributed by atoms with Gasteiger partial charge in [-0.3, -0.25) is 0 Å².